The summed E-state index contributed by atoms with van der Waals surface area (Å²) in [5.41, 5.74) is 5.59. The lowest BCUT2D eigenvalue weighted by molar-refractivity contribution is 0.242. The molecule has 0 atom stereocenters. The third kappa shape index (κ3) is 6.21. The highest BCUT2D eigenvalue weighted by Crippen LogP contribution is 2.16. The van der Waals surface area contributed by atoms with Crippen molar-refractivity contribution in [1.82, 2.24) is 10.9 Å². The molecule has 0 aliphatic carbocycles. The topological polar surface area (TPSA) is 132 Å². The second-order valence-electron chi connectivity index (χ2n) is 4.78. The Balaban J connectivity index is 1.89. The molecule has 0 aliphatic rings. The molecule has 0 spiro atoms. The number of nitrogens with zero attached hydrogens (tertiary/aromatic N) is 4. The van der Waals surface area contributed by atoms with E-state index in [2.05, 4.69) is 21.1 Å². The fourth-order valence-corrected chi connectivity index (χ4v) is 1.90. The van der Waals surface area contributed by atoms with Crippen molar-refractivity contribution in [3.63, 3.8) is 0 Å². The van der Waals surface area contributed by atoms with Crippen LogP contribution in [0.2, 0.25) is 0 Å². The molecule has 27 heavy (non-hydrogen) atoms. The number of hydrazone groups is 2. The van der Waals surface area contributed by atoms with Gasteiger partial charge in [-0.25, -0.2) is 15.6 Å². The normalized spacial score (nSPS) is 10.1. The number of benzene rings is 2. The molecule has 0 saturated heterocycles. The fourth-order valence-electron chi connectivity index (χ4n) is 1.90. The van der Waals surface area contributed by atoms with Gasteiger partial charge in [-0.05, 0) is 24.3 Å². The smallest absolute Gasteiger partial charge is 0.355 e. The monoisotopic (exact) mass is 362 g/mol. The molecular formula is C18H14N6O3. The minimum Gasteiger partial charge on any atom is -0.478 e. The number of urea groups is 1. The van der Waals surface area contributed by atoms with E-state index in [-0.39, 0.29) is 6.61 Å². The summed E-state index contributed by atoms with van der Waals surface area (Å²) in [5, 5.41) is 24.7. The van der Waals surface area contributed by atoms with Gasteiger partial charge < -0.3 is 9.47 Å². The van der Waals surface area contributed by atoms with E-state index in [1.165, 1.54) is 12.4 Å². The zero-order valence-electron chi connectivity index (χ0n) is 14.0. The predicted octanol–water partition coefficient (Wildman–Crippen LogP) is 2.12. The maximum Gasteiger partial charge on any atom is 0.355 e. The van der Waals surface area contributed by atoms with E-state index in [4.69, 9.17) is 20.0 Å². The van der Waals surface area contributed by atoms with Gasteiger partial charge in [0.25, 0.3) is 6.26 Å². The molecule has 9 nitrogen and oxygen atoms in total. The molecule has 2 aromatic carbocycles. The molecule has 2 amide bonds. The van der Waals surface area contributed by atoms with Gasteiger partial charge in [-0.3, -0.25) is 0 Å². The van der Waals surface area contributed by atoms with Gasteiger partial charge in [-0.1, -0.05) is 24.3 Å². The second kappa shape index (κ2) is 10.5. The van der Waals surface area contributed by atoms with Crippen LogP contribution < -0.4 is 20.3 Å². The van der Waals surface area contributed by atoms with Crippen molar-refractivity contribution in [2.75, 3.05) is 6.61 Å². The summed E-state index contributed by atoms with van der Waals surface area (Å²) in [4.78, 5) is 11.7. The molecule has 2 rings (SSSR count). The highest BCUT2D eigenvalue weighted by Gasteiger charge is 2.02. The first-order valence-corrected chi connectivity index (χ1v) is 7.60. The molecule has 0 unspecified atom stereocenters. The number of nitrogens with one attached hydrogen (secondary N) is 2. The third-order valence-corrected chi connectivity index (χ3v) is 3.03. The number of nitriles is 2. The molecule has 0 saturated carbocycles. The summed E-state index contributed by atoms with van der Waals surface area (Å²) in [5.74, 6) is 0.787. The minimum atomic E-state index is -0.670. The summed E-state index contributed by atoms with van der Waals surface area (Å²) in [6, 6.07) is 14.9. The number of amides is 2. The number of hydrogen-bond donors (Lipinski definition) is 2. The molecule has 0 aliphatic heterocycles. The zero-order chi connectivity index (χ0) is 19.3. The first-order chi connectivity index (χ1) is 13.2. The molecular weight excluding hydrogens is 348 g/mol. The van der Waals surface area contributed by atoms with Gasteiger partial charge in [0, 0.05) is 11.1 Å². The van der Waals surface area contributed by atoms with Crippen molar-refractivity contribution in [2.24, 2.45) is 10.2 Å². The lowest BCUT2D eigenvalue weighted by Crippen LogP contribution is -2.28. The zero-order valence-corrected chi connectivity index (χ0v) is 14.0. The maximum atomic E-state index is 11.7. The van der Waals surface area contributed by atoms with E-state index in [0.29, 0.717) is 22.6 Å². The number of ether oxygens (including phenoxy) is 2. The molecule has 2 aromatic rings. The molecule has 9 heteroatoms. The van der Waals surface area contributed by atoms with Gasteiger partial charge in [0.05, 0.1) is 12.4 Å². The molecule has 0 aromatic heterocycles. The Hall–Kier alpha value is -4.37. The molecule has 2 N–H and O–H groups in total. The summed E-state index contributed by atoms with van der Waals surface area (Å²) in [6.45, 7) is -0.0928. The van der Waals surface area contributed by atoms with Gasteiger partial charge in [0.2, 0.25) is 0 Å². The quantitative estimate of drug-likeness (QED) is 0.442. The summed E-state index contributed by atoms with van der Waals surface area (Å²) in [7, 11) is 0. The van der Waals surface area contributed by atoms with E-state index in [1.807, 2.05) is 6.07 Å². The van der Waals surface area contributed by atoms with Crippen molar-refractivity contribution in [2.45, 2.75) is 0 Å². The average molecular weight is 362 g/mol. The number of rotatable bonds is 7. The van der Waals surface area contributed by atoms with Crippen LogP contribution in [0.5, 0.6) is 11.5 Å². The third-order valence-electron chi connectivity index (χ3n) is 3.03. The van der Waals surface area contributed by atoms with Crippen molar-refractivity contribution in [3.8, 4) is 23.8 Å². The average Bonchev–Trinajstić information content (AvgIpc) is 2.69. The van der Waals surface area contributed by atoms with Crippen molar-refractivity contribution in [3.05, 3.63) is 59.7 Å². The van der Waals surface area contributed by atoms with E-state index in [0.717, 1.165) is 0 Å². The van der Waals surface area contributed by atoms with Crippen molar-refractivity contribution < 1.29 is 14.3 Å². The Bertz CT molecular complexity index is 927. The number of para-hydroxylation sites is 2. The Labute approximate surface area is 155 Å². The van der Waals surface area contributed by atoms with Crippen molar-refractivity contribution in [1.29, 1.82) is 10.5 Å². The Kier molecular flexibility index (Phi) is 7.36. The maximum absolute atomic E-state index is 11.7. The highest BCUT2D eigenvalue weighted by molar-refractivity contribution is 5.86. The SMILES string of the molecule is N#CCOc1ccccc1/C=N/NC(=O)N/N=C/c1ccccc1OC#N. The largest absolute Gasteiger partial charge is 0.478 e. The standard InChI is InChI=1S/C18H14N6O3/c19-9-10-26-16-7-3-1-5-14(16)11-21-23-18(25)24-22-12-15-6-2-4-8-17(15)27-13-20/h1-8,11-12H,10H2,(H2,23,24,25)/b21-11+,22-12+. The van der Waals surface area contributed by atoms with E-state index >= 15 is 0 Å². The summed E-state index contributed by atoms with van der Waals surface area (Å²) < 4.78 is 10.0. The van der Waals surface area contributed by atoms with Crippen LogP contribution in [0.4, 0.5) is 4.79 Å². The van der Waals surface area contributed by atoms with Crippen LogP contribution in [0.3, 0.4) is 0 Å². The van der Waals surface area contributed by atoms with Crippen LogP contribution in [0.1, 0.15) is 11.1 Å². The first-order valence-electron chi connectivity index (χ1n) is 7.60. The lowest BCUT2D eigenvalue weighted by atomic mass is 10.2. The van der Waals surface area contributed by atoms with Gasteiger partial charge in [-0.15, -0.1) is 5.26 Å². The van der Waals surface area contributed by atoms with E-state index in [9.17, 15) is 4.79 Å². The Morgan fingerprint density at radius 2 is 1.52 bits per heavy atom. The van der Waals surface area contributed by atoms with Crippen LogP contribution in [-0.2, 0) is 0 Å². The molecule has 0 fully saturated rings. The number of hydrogen-bond acceptors (Lipinski definition) is 7. The molecule has 134 valence electrons. The van der Waals surface area contributed by atoms with Crippen LogP contribution in [-0.4, -0.2) is 25.1 Å². The van der Waals surface area contributed by atoms with E-state index in [1.54, 1.807) is 54.8 Å². The predicted molar refractivity (Wildman–Crippen MR) is 97.1 cm³/mol. The Morgan fingerprint density at radius 1 is 0.963 bits per heavy atom. The van der Waals surface area contributed by atoms with Gasteiger partial charge >= 0.3 is 6.03 Å². The van der Waals surface area contributed by atoms with Crippen LogP contribution >= 0.6 is 0 Å². The lowest BCUT2D eigenvalue weighted by Gasteiger charge is -2.04. The van der Waals surface area contributed by atoms with Crippen LogP contribution in [0.15, 0.2) is 58.7 Å². The molecule has 0 radical (unpaired) electrons. The minimum absolute atomic E-state index is 0.0928. The van der Waals surface area contributed by atoms with Crippen LogP contribution in [0, 0.1) is 22.8 Å². The second-order valence-corrected chi connectivity index (χ2v) is 4.78. The van der Waals surface area contributed by atoms with E-state index < -0.39 is 6.03 Å². The number of carbonyl (C=O) groups is 1. The van der Waals surface area contributed by atoms with Crippen LogP contribution in [0.25, 0.3) is 0 Å². The van der Waals surface area contributed by atoms with Gasteiger partial charge in [0.15, 0.2) is 12.4 Å². The highest BCUT2D eigenvalue weighted by atomic mass is 16.5. The van der Waals surface area contributed by atoms with Gasteiger partial charge in [-0.2, -0.15) is 15.5 Å². The molecule has 0 bridgehead atoms. The number of carbonyl (C=O) groups excluding carboxylic acids is 1. The molecule has 0 heterocycles. The Morgan fingerprint density at radius 3 is 2.11 bits per heavy atom. The van der Waals surface area contributed by atoms with Crippen molar-refractivity contribution >= 4 is 18.5 Å². The summed E-state index contributed by atoms with van der Waals surface area (Å²) in [6.07, 6.45) is 4.29. The first kappa shape index (κ1) is 19.0. The fraction of sp³-hybridized carbons (Fsp3) is 0.0556. The summed E-state index contributed by atoms with van der Waals surface area (Å²) >= 11 is 0. The van der Waals surface area contributed by atoms with Gasteiger partial charge in [0.1, 0.15) is 11.8 Å².